The molecule has 2 fully saturated rings. The van der Waals surface area contributed by atoms with Crippen molar-refractivity contribution < 1.29 is 9.59 Å². The topological polar surface area (TPSA) is 73.5 Å². The van der Waals surface area contributed by atoms with E-state index >= 15 is 0 Å². The van der Waals surface area contributed by atoms with Crippen LogP contribution in [-0.4, -0.2) is 43.0 Å². The Balaban J connectivity index is 0.00000300. The fraction of sp³-hybridized carbons (Fsp3) is 0.636. The molecule has 2 aliphatic rings. The van der Waals surface area contributed by atoms with Crippen molar-refractivity contribution in [2.45, 2.75) is 51.9 Å². The third kappa shape index (κ3) is 7.52. The smallest absolute Gasteiger partial charge is 0.321 e. The average Bonchev–Trinajstić information content (AvgIpc) is 3.00. The lowest BCUT2D eigenvalue weighted by Crippen LogP contribution is -2.35. The van der Waals surface area contributed by atoms with Crippen molar-refractivity contribution in [1.29, 1.82) is 0 Å². The van der Waals surface area contributed by atoms with Crippen molar-refractivity contribution in [3.05, 3.63) is 24.3 Å². The Morgan fingerprint density at radius 3 is 2.14 bits per heavy atom. The fourth-order valence-corrected chi connectivity index (χ4v) is 4.20. The SMILES string of the molecule is CC(CC(=O)Nc1ccc(NC(=O)N2CCCCCC2)cc1)C1CCNCC1.Cl. The zero-order valence-electron chi connectivity index (χ0n) is 17.4. The number of nitrogens with zero attached hydrogens (tertiary/aromatic N) is 1. The van der Waals surface area contributed by atoms with Crippen molar-refractivity contribution in [3.63, 3.8) is 0 Å². The Morgan fingerprint density at radius 1 is 1.00 bits per heavy atom. The Kier molecular flexibility index (Phi) is 9.74. The molecule has 0 aliphatic carbocycles. The van der Waals surface area contributed by atoms with E-state index in [1.165, 1.54) is 12.8 Å². The predicted octanol–water partition coefficient (Wildman–Crippen LogP) is 4.48. The van der Waals surface area contributed by atoms with Crippen LogP contribution in [0, 0.1) is 11.8 Å². The minimum Gasteiger partial charge on any atom is -0.326 e. The zero-order chi connectivity index (χ0) is 19.8. The summed E-state index contributed by atoms with van der Waals surface area (Å²) in [4.78, 5) is 26.7. The van der Waals surface area contributed by atoms with Gasteiger partial charge in [0.1, 0.15) is 0 Å². The van der Waals surface area contributed by atoms with Crippen LogP contribution in [0.3, 0.4) is 0 Å². The van der Waals surface area contributed by atoms with Gasteiger partial charge in [-0.2, -0.15) is 0 Å². The Bertz CT molecular complexity index is 639. The molecule has 0 bridgehead atoms. The average molecular weight is 423 g/mol. The molecule has 3 amide bonds. The molecule has 29 heavy (non-hydrogen) atoms. The molecule has 1 aromatic rings. The van der Waals surface area contributed by atoms with Crippen LogP contribution in [0.4, 0.5) is 16.2 Å². The molecule has 1 atom stereocenters. The van der Waals surface area contributed by atoms with Crippen LogP contribution >= 0.6 is 12.4 Å². The van der Waals surface area contributed by atoms with Crippen molar-refractivity contribution >= 4 is 35.7 Å². The molecule has 2 heterocycles. The van der Waals surface area contributed by atoms with E-state index in [1.807, 2.05) is 29.2 Å². The van der Waals surface area contributed by atoms with E-state index in [9.17, 15) is 9.59 Å². The minimum absolute atomic E-state index is 0. The van der Waals surface area contributed by atoms with Gasteiger partial charge in [-0.1, -0.05) is 19.8 Å². The molecule has 0 radical (unpaired) electrons. The normalized spacial score (nSPS) is 18.9. The van der Waals surface area contributed by atoms with E-state index in [0.717, 1.165) is 63.2 Å². The standard InChI is InChI=1S/C22H34N4O2.ClH/c1-17(18-10-12-23-13-11-18)16-21(27)24-19-6-8-20(9-7-19)25-22(28)26-14-4-2-3-5-15-26;/h6-9,17-18,23H,2-5,10-16H2,1H3,(H,24,27)(H,25,28);1H. The molecule has 1 aromatic carbocycles. The van der Waals surface area contributed by atoms with E-state index < -0.39 is 0 Å². The largest absolute Gasteiger partial charge is 0.326 e. The fourth-order valence-electron chi connectivity index (χ4n) is 4.20. The number of anilines is 2. The van der Waals surface area contributed by atoms with Crippen molar-refractivity contribution in [3.8, 4) is 0 Å². The van der Waals surface area contributed by atoms with Gasteiger partial charge < -0.3 is 20.9 Å². The number of halogens is 1. The molecular formula is C22H35ClN4O2. The number of piperidine rings is 1. The highest BCUT2D eigenvalue weighted by Crippen LogP contribution is 2.25. The lowest BCUT2D eigenvalue weighted by molar-refractivity contribution is -0.117. The molecule has 0 saturated carbocycles. The maximum absolute atomic E-state index is 12.4. The van der Waals surface area contributed by atoms with E-state index in [1.54, 1.807) is 0 Å². The quantitative estimate of drug-likeness (QED) is 0.654. The molecule has 6 nitrogen and oxygen atoms in total. The molecule has 0 aromatic heterocycles. The molecular weight excluding hydrogens is 388 g/mol. The lowest BCUT2D eigenvalue weighted by atomic mass is 9.84. The summed E-state index contributed by atoms with van der Waals surface area (Å²) in [7, 11) is 0. The first-order chi connectivity index (χ1) is 13.6. The third-order valence-corrected chi connectivity index (χ3v) is 6.01. The number of rotatable bonds is 5. The van der Waals surface area contributed by atoms with Crippen molar-refractivity contribution in [2.24, 2.45) is 11.8 Å². The number of benzene rings is 1. The second kappa shape index (κ2) is 12.0. The van der Waals surface area contributed by atoms with Gasteiger partial charge in [-0.3, -0.25) is 4.79 Å². The van der Waals surface area contributed by atoms with Gasteiger partial charge in [0, 0.05) is 30.9 Å². The van der Waals surface area contributed by atoms with Gasteiger partial charge in [-0.15, -0.1) is 12.4 Å². The summed E-state index contributed by atoms with van der Waals surface area (Å²) < 4.78 is 0. The van der Waals surface area contributed by atoms with E-state index in [2.05, 4.69) is 22.9 Å². The number of urea groups is 1. The molecule has 162 valence electrons. The summed E-state index contributed by atoms with van der Waals surface area (Å²) in [5.41, 5.74) is 1.53. The summed E-state index contributed by atoms with van der Waals surface area (Å²) in [5.74, 6) is 1.09. The van der Waals surface area contributed by atoms with Crippen molar-refractivity contribution in [2.75, 3.05) is 36.8 Å². The van der Waals surface area contributed by atoms with Gasteiger partial charge >= 0.3 is 6.03 Å². The predicted molar refractivity (Wildman–Crippen MR) is 121 cm³/mol. The summed E-state index contributed by atoms with van der Waals surface area (Å²) in [6.45, 7) is 5.95. The van der Waals surface area contributed by atoms with Crippen LogP contribution in [0.1, 0.15) is 51.9 Å². The van der Waals surface area contributed by atoms with E-state index in [4.69, 9.17) is 0 Å². The number of hydrogen-bond donors (Lipinski definition) is 3. The van der Waals surface area contributed by atoms with Gasteiger partial charge in [0.2, 0.25) is 5.91 Å². The monoisotopic (exact) mass is 422 g/mol. The Morgan fingerprint density at radius 2 is 1.55 bits per heavy atom. The maximum Gasteiger partial charge on any atom is 0.321 e. The number of likely N-dealkylation sites (tertiary alicyclic amines) is 1. The zero-order valence-corrected chi connectivity index (χ0v) is 18.2. The first kappa shape index (κ1) is 23.5. The summed E-state index contributed by atoms with van der Waals surface area (Å²) in [6.07, 6.45) is 7.42. The number of amides is 3. The summed E-state index contributed by atoms with van der Waals surface area (Å²) >= 11 is 0. The first-order valence-electron chi connectivity index (χ1n) is 10.8. The van der Waals surface area contributed by atoms with Crippen LogP contribution in [0.25, 0.3) is 0 Å². The Hall–Kier alpha value is -1.79. The highest BCUT2D eigenvalue weighted by atomic mass is 35.5. The maximum atomic E-state index is 12.4. The van der Waals surface area contributed by atoms with Crippen molar-refractivity contribution in [1.82, 2.24) is 10.2 Å². The first-order valence-corrected chi connectivity index (χ1v) is 10.8. The van der Waals surface area contributed by atoms with Crippen LogP contribution in [0.5, 0.6) is 0 Å². The second-order valence-corrected chi connectivity index (χ2v) is 8.23. The van der Waals surface area contributed by atoms with Crippen LogP contribution < -0.4 is 16.0 Å². The molecule has 3 rings (SSSR count). The Labute approximate surface area is 180 Å². The molecule has 3 N–H and O–H groups in total. The highest BCUT2D eigenvalue weighted by molar-refractivity contribution is 5.92. The number of carbonyl (C=O) groups excluding carboxylic acids is 2. The molecule has 0 spiro atoms. The third-order valence-electron chi connectivity index (χ3n) is 6.01. The second-order valence-electron chi connectivity index (χ2n) is 8.23. The van der Waals surface area contributed by atoms with E-state index in [-0.39, 0.29) is 24.3 Å². The summed E-state index contributed by atoms with van der Waals surface area (Å²) in [5, 5.41) is 9.32. The number of hydrogen-bond acceptors (Lipinski definition) is 3. The molecule has 7 heteroatoms. The number of carbonyl (C=O) groups is 2. The van der Waals surface area contributed by atoms with Gasteiger partial charge in [0.15, 0.2) is 0 Å². The van der Waals surface area contributed by atoms with Crippen LogP contribution in [0.15, 0.2) is 24.3 Å². The highest BCUT2D eigenvalue weighted by Gasteiger charge is 2.22. The number of nitrogens with one attached hydrogen (secondary N) is 3. The van der Waals surface area contributed by atoms with Gasteiger partial charge in [0.25, 0.3) is 0 Å². The summed E-state index contributed by atoms with van der Waals surface area (Å²) in [6, 6.07) is 7.37. The van der Waals surface area contributed by atoms with Crippen LogP contribution in [0.2, 0.25) is 0 Å². The van der Waals surface area contributed by atoms with Crippen LogP contribution in [-0.2, 0) is 4.79 Å². The van der Waals surface area contributed by atoms with E-state index in [0.29, 0.717) is 18.3 Å². The minimum atomic E-state index is -0.0329. The molecule has 2 saturated heterocycles. The lowest BCUT2D eigenvalue weighted by Gasteiger charge is -2.27. The molecule has 2 aliphatic heterocycles. The molecule has 1 unspecified atom stereocenters. The van der Waals surface area contributed by atoms with Gasteiger partial charge in [0.05, 0.1) is 0 Å². The van der Waals surface area contributed by atoms with Gasteiger partial charge in [-0.05, 0) is 74.9 Å². The van der Waals surface area contributed by atoms with Gasteiger partial charge in [-0.25, -0.2) is 4.79 Å².